The van der Waals surface area contributed by atoms with Gasteiger partial charge in [-0.05, 0) is 18.4 Å². The highest BCUT2D eigenvalue weighted by Crippen LogP contribution is 2.40. The maximum Gasteiger partial charge on any atom is 0.0660 e. The Labute approximate surface area is 84.2 Å². The van der Waals surface area contributed by atoms with E-state index in [1.807, 2.05) is 37.3 Å². The molecular formula is C12H16O2. The molecule has 0 aromatic heterocycles. The molecule has 76 valence electrons. The van der Waals surface area contributed by atoms with E-state index in [1.165, 1.54) is 0 Å². The molecule has 2 rings (SSSR count). The van der Waals surface area contributed by atoms with E-state index in [0.29, 0.717) is 12.8 Å². The fraction of sp³-hybridized carbons (Fsp3) is 0.500. The Morgan fingerprint density at radius 3 is 2.07 bits per heavy atom. The molecule has 1 aliphatic carbocycles. The van der Waals surface area contributed by atoms with Crippen molar-refractivity contribution >= 4 is 0 Å². The van der Waals surface area contributed by atoms with E-state index >= 15 is 0 Å². The monoisotopic (exact) mass is 192 g/mol. The summed E-state index contributed by atoms with van der Waals surface area (Å²) in [6, 6.07) is 9.77. The van der Waals surface area contributed by atoms with Crippen LogP contribution in [0, 0.1) is 0 Å². The van der Waals surface area contributed by atoms with Gasteiger partial charge in [-0.1, -0.05) is 37.3 Å². The quantitative estimate of drug-likeness (QED) is 0.707. The van der Waals surface area contributed by atoms with E-state index in [4.69, 9.17) is 0 Å². The molecule has 0 bridgehead atoms. The summed E-state index contributed by atoms with van der Waals surface area (Å²) in [5, 5.41) is 19.8. The fourth-order valence-electron chi connectivity index (χ4n) is 2.32. The first-order valence-electron chi connectivity index (χ1n) is 5.07. The van der Waals surface area contributed by atoms with E-state index in [0.717, 1.165) is 5.56 Å². The lowest BCUT2D eigenvalue weighted by Gasteiger charge is -2.32. The number of aliphatic hydroxyl groups is 2. The molecule has 2 heteroatoms. The lowest BCUT2D eigenvalue weighted by Crippen LogP contribution is -2.40. The molecule has 0 saturated heterocycles. The summed E-state index contributed by atoms with van der Waals surface area (Å²) in [4.78, 5) is 0. The lowest BCUT2D eigenvalue weighted by molar-refractivity contribution is 0.0456. The van der Waals surface area contributed by atoms with E-state index in [2.05, 4.69) is 0 Å². The summed E-state index contributed by atoms with van der Waals surface area (Å²) in [7, 11) is 0. The Kier molecular flexibility index (Phi) is 2.33. The van der Waals surface area contributed by atoms with E-state index in [1.54, 1.807) is 0 Å². The second-order valence-corrected chi connectivity index (χ2v) is 4.26. The summed E-state index contributed by atoms with van der Waals surface area (Å²) >= 11 is 0. The van der Waals surface area contributed by atoms with Gasteiger partial charge < -0.3 is 10.2 Å². The van der Waals surface area contributed by atoms with Crippen molar-refractivity contribution in [2.75, 3.05) is 0 Å². The van der Waals surface area contributed by atoms with Crippen molar-refractivity contribution in [1.82, 2.24) is 0 Å². The molecule has 2 N–H and O–H groups in total. The smallest absolute Gasteiger partial charge is 0.0660 e. The van der Waals surface area contributed by atoms with Crippen molar-refractivity contribution < 1.29 is 10.2 Å². The van der Waals surface area contributed by atoms with Crippen molar-refractivity contribution in [3.05, 3.63) is 35.9 Å². The van der Waals surface area contributed by atoms with Gasteiger partial charge in [0, 0.05) is 5.41 Å². The van der Waals surface area contributed by atoms with Crippen molar-refractivity contribution in [3.63, 3.8) is 0 Å². The van der Waals surface area contributed by atoms with Crippen LogP contribution in [0.4, 0.5) is 0 Å². The third-order valence-corrected chi connectivity index (χ3v) is 3.49. The third kappa shape index (κ3) is 1.26. The third-order valence-electron chi connectivity index (χ3n) is 3.49. The van der Waals surface area contributed by atoms with Crippen LogP contribution in [0.3, 0.4) is 0 Å². The van der Waals surface area contributed by atoms with Crippen LogP contribution >= 0.6 is 0 Å². The summed E-state index contributed by atoms with van der Waals surface area (Å²) in [6.07, 6.45) is 0.513. The second kappa shape index (κ2) is 3.37. The number of aliphatic hydroxyl groups excluding tert-OH is 2. The van der Waals surface area contributed by atoms with Crippen molar-refractivity contribution in [2.24, 2.45) is 0 Å². The highest BCUT2D eigenvalue weighted by molar-refractivity contribution is 5.29. The van der Waals surface area contributed by atoms with Gasteiger partial charge in [-0.25, -0.2) is 0 Å². The van der Waals surface area contributed by atoms with Gasteiger partial charge in [0.15, 0.2) is 0 Å². The first-order valence-corrected chi connectivity index (χ1v) is 5.07. The van der Waals surface area contributed by atoms with Crippen LogP contribution < -0.4 is 0 Å². The van der Waals surface area contributed by atoms with Gasteiger partial charge in [0.2, 0.25) is 0 Å². The van der Waals surface area contributed by atoms with Crippen LogP contribution in [-0.2, 0) is 5.41 Å². The van der Waals surface area contributed by atoms with Crippen LogP contribution in [0.1, 0.15) is 25.3 Å². The summed E-state index contributed by atoms with van der Waals surface area (Å²) in [6.45, 7) is 1.94. The predicted molar refractivity (Wildman–Crippen MR) is 55.0 cm³/mol. The molecule has 0 amide bonds. The van der Waals surface area contributed by atoms with Gasteiger partial charge in [0.05, 0.1) is 12.2 Å². The summed E-state index contributed by atoms with van der Waals surface area (Å²) in [5.41, 5.74) is 0.541. The van der Waals surface area contributed by atoms with E-state index < -0.39 is 17.6 Å². The van der Waals surface area contributed by atoms with Crippen LogP contribution in [-0.4, -0.2) is 22.4 Å². The lowest BCUT2D eigenvalue weighted by atomic mass is 9.77. The number of hydrogen-bond donors (Lipinski definition) is 2. The average molecular weight is 192 g/mol. The highest BCUT2D eigenvalue weighted by Gasteiger charge is 2.46. The molecule has 1 aliphatic rings. The molecule has 0 aliphatic heterocycles. The first kappa shape index (κ1) is 9.69. The first-order chi connectivity index (χ1) is 6.65. The molecule has 2 nitrogen and oxygen atoms in total. The van der Waals surface area contributed by atoms with Gasteiger partial charge in [-0.3, -0.25) is 0 Å². The molecule has 2 unspecified atom stereocenters. The molecule has 0 spiro atoms. The van der Waals surface area contributed by atoms with Crippen molar-refractivity contribution in [1.29, 1.82) is 0 Å². The van der Waals surface area contributed by atoms with Crippen LogP contribution in [0.25, 0.3) is 0 Å². The largest absolute Gasteiger partial charge is 0.392 e. The highest BCUT2D eigenvalue weighted by atomic mass is 16.3. The molecule has 1 fully saturated rings. The Bertz CT molecular complexity index is 297. The van der Waals surface area contributed by atoms with Gasteiger partial charge in [0.1, 0.15) is 0 Å². The maximum atomic E-state index is 9.91. The Morgan fingerprint density at radius 2 is 1.57 bits per heavy atom. The second-order valence-electron chi connectivity index (χ2n) is 4.26. The molecule has 1 aromatic rings. The Balaban J connectivity index is 2.40. The molecule has 0 heterocycles. The maximum absolute atomic E-state index is 9.91. The molecule has 1 aromatic carbocycles. The molecule has 14 heavy (non-hydrogen) atoms. The Morgan fingerprint density at radius 1 is 1.07 bits per heavy atom. The standard InChI is InChI=1S/C12H16O2/c1-12(9-5-3-2-4-6-9)10(13)7-8-11(12)14/h2-6,10-11,13-14H,7-8H2,1H3. The topological polar surface area (TPSA) is 40.5 Å². The Hall–Kier alpha value is -0.860. The number of benzene rings is 1. The van der Waals surface area contributed by atoms with Gasteiger partial charge in [-0.15, -0.1) is 0 Å². The van der Waals surface area contributed by atoms with Gasteiger partial charge >= 0.3 is 0 Å². The molecule has 0 radical (unpaired) electrons. The summed E-state index contributed by atoms with van der Waals surface area (Å²) in [5.74, 6) is 0. The molecule has 2 atom stereocenters. The van der Waals surface area contributed by atoms with E-state index in [-0.39, 0.29) is 0 Å². The SMILES string of the molecule is CC1(c2ccccc2)C(O)CCC1O. The van der Waals surface area contributed by atoms with Crippen LogP contribution in [0.2, 0.25) is 0 Å². The predicted octanol–water partition coefficient (Wildman–Crippen LogP) is 1.46. The van der Waals surface area contributed by atoms with Gasteiger partial charge in [0.25, 0.3) is 0 Å². The number of hydrogen-bond acceptors (Lipinski definition) is 2. The fourth-order valence-corrected chi connectivity index (χ4v) is 2.32. The summed E-state index contributed by atoms with van der Waals surface area (Å²) < 4.78 is 0. The minimum absolute atomic E-state index is 0.431. The zero-order valence-electron chi connectivity index (χ0n) is 8.35. The zero-order chi connectivity index (χ0) is 10.2. The minimum atomic E-state index is -0.485. The average Bonchev–Trinajstić information content (AvgIpc) is 2.49. The normalized spacial score (nSPS) is 37.4. The van der Waals surface area contributed by atoms with Gasteiger partial charge in [-0.2, -0.15) is 0 Å². The number of rotatable bonds is 1. The van der Waals surface area contributed by atoms with Crippen molar-refractivity contribution in [2.45, 2.75) is 37.4 Å². The zero-order valence-corrected chi connectivity index (χ0v) is 8.35. The van der Waals surface area contributed by atoms with Crippen LogP contribution in [0.5, 0.6) is 0 Å². The minimum Gasteiger partial charge on any atom is -0.392 e. The van der Waals surface area contributed by atoms with Crippen LogP contribution in [0.15, 0.2) is 30.3 Å². The van der Waals surface area contributed by atoms with E-state index in [9.17, 15) is 10.2 Å². The molecular weight excluding hydrogens is 176 g/mol. The van der Waals surface area contributed by atoms with Crippen molar-refractivity contribution in [3.8, 4) is 0 Å². The molecule has 1 saturated carbocycles.